The van der Waals surface area contributed by atoms with Crippen molar-refractivity contribution in [2.75, 3.05) is 6.54 Å². The van der Waals surface area contributed by atoms with Crippen molar-refractivity contribution >= 4 is 17.8 Å². The number of carboxylic acid groups (broad SMARTS) is 1. The van der Waals surface area contributed by atoms with Crippen molar-refractivity contribution in [2.24, 2.45) is 11.1 Å². The smallest absolute Gasteiger partial charge is 0.303 e. The van der Waals surface area contributed by atoms with Gasteiger partial charge in [0.25, 0.3) is 0 Å². The van der Waals surface area contributed by atoms with Gasteiger partial charge in [0.2, 0.25) is 11.8 Å². The molecule has 2 amide bonds. The molecule has 1 aliphatic carbocycles. The molecular weight excluding hydrogens is 260 g/mol. The second kappa shape index (κ2) is 7.87. The van der Waals surface area contributed by atoms with Crippen LogP contribution in [0.5, 0.6) is 0 Å². The van der Waals surface area contributed by atoms with Crippen LogP contribution in [0.3, 0.4) is 0 Å². The van der Waals surface area contributed by atoms with Crippen LogP contribution in [0.1, 0.15) is 57.8 Å². The lowest BCUT2D eigenvalue weighted by Crippen LogP contribution is -2.32. The molecule has 0 bridgehead atoms. The fraction of sp³-hybridized carbons (Fsp3) is 0.786. The Morgan fingerprint density at radius 2 is 1.75 bits per heavy atom. The van der Waals surface area contributed by atoms with E-state index in [2.05, 4.69) is 5.32 Å². The fourth-order valence-corrected chi connectivity index (χ4v) is 2.92. The lowest BCUT2D eigenvalue weighted by atomic mass is 9.79. The van der Waals surface area contributed by atoms with Gasteiger partial charge < -0.3 is 16.2 Å². The summed E-state index contributed by atoms with van der Waals surface area (Å²) in [7, 11) is 0. The number of hydrogen-bond donors (Lipinski definition) is 3. The topological polar surface area (TPSA) is 109 Å². The second-order valence-electron chi connectivity index (χ2n) is 5.73. The number of amides is 2. The second-order valence-corrected chi connectivity index (χ2v) is 5.73. The van der Waals surface area contributed by atoms with Crippen LogP contribution in [-0.4, -0.2) is 29.4 Å². The monoisotopic (exact) mass is 284 g/mol. The number of carbonyl (C=O) groups excluding carboxylic acids is 2. The van der Waals surface area contributed by atoms with E-state index in [1.807, 2.05) is 0 Å². The highest BCUT2D eigenvalue weighted by atomic mass is 16.4. The molecule has 6 heteroatoms. The number of primary amides is 1. The molecule has 1 rings (SSSR count). The first-order valence-corrected chi connectivity index (χ1v) is 7.20. The van der Waals surface area contributed by atoms with Gasteiger partial charge in [-0.25, -0.2) is 0 Å². The van der Waals surface area contributed by atoms with E-state index in [0.29, 0.717) is 25.8 Å². The van der Waals surface area contributed by atoms with Crippen LogP contribution >= 0.6 is 0 Å². The van der Waals surface area contributed by atoms with Crippen LogP contribution < -0.4 is 11.1 Å². The Balaban J connectivity index is 2.28. The van der Waals surface area contributed by atoms with E-state index >= 15 is 0 Å². The van der Waals surface area contributed by atoms with E-state index < -0.39 is 5.97 Å². The van der Waals surface area contributed by atoms with Gasteiger partial charge in [0.1, 0.15) is 0 Å². The van der Waals surface area contributed by atoms with Crippen molar-refractivity contribution in [1.29, 1.82) is 0 Å². The molecule has 1 aliphatic rings. The zero-order valence-corrected chi connectivity index (χ0v) is 11.8. The summed E-state index contributed by atoms with van der Waals surface area (Å²) in [5.41, 5.74) is 4.67. The van der Waals surface area contributed by atoms with Crippen LogP contribution in [0.25, 0.3) is 0 Å². The van der Waals surface area contributed by atoms with Crippen molar-refractivity contribution in [3.8, 4) is 0 Å². The summed E-state index contributed by atoms with van der Waals surface area (Å²) in [6.45, 7) is 0.509. The minimum Gasteiger partial charge on any atom is -0.481 e. The molecule has 0 unspecified atom stereocenters. The molecule has 0 aliphatic heterocycles. The molecule has 0 aromatic heterocycles. The molecule has 1 fully saturated rings. The predicted molar refractivity (Wildman–Crippen MR) is 73.8 cm³/mol. The molecule has 114 valence electrons. The predicted octanol–water partition coefficient (Wildman–Crippen LogP) is 1.18. The normalized spacial score (nSPS) is 16.8. The summed E-state index contributed by atoms with van der Waals surface area (Å²) in [5.74, 6) is -1.25. The van der Waals surface area contributed by atoms with Gasteiger partial charge >= 0.3 is 5.97 Å². The largest absolute Gasteiger partial charge is 0.481 e. The zero-order chi connectivity index (χ0) is 15.0. The average Bonchev–Trinajstić information content (AvgIpc) is 2.75. The number of unbranched alkanes of at least 4 members (excludes halogenated alkanes) is 1. The van der Waals surface area contributed by atoms with E-state index in [9.17, 15) is 14.4 Å². The third kappa shape index (κ3) is 6.04. The minimum atomic E-state index is -0.832. The van der Waals surface area contributed by atoms with Gasteiger partial charge in [-0.15, -0.1) is 0 Å². The molecule has 6 nitrogen and oxygen atoms in total. The number of hydrogen-bond acceptors (Lipinski definition) is 3. The first-order chi connectivity index (χ1) is 9.43. The van der Waals surface area contributed by atoms with Crippen molar-refractivity contribution in [3.05, 3.63) is 0 Å². The lowest BCUT2D eigenvalue weighted by molar-refractivity contribution is -0.140. The molecule has 0 atom stereocenters. The van der Waals surface area contributed by atoms with Gasteiger partial charge in [-0.2, -0.15) is 0 Å². The first-order valence-electron chi connectivity index (χ1n) is 7.20. The van der Waals surface area contributed by atoms with E-state index in [-0.39, 0.29) is 30.1 Å². The van der Waals surface area contributed by atoms with E-state index in [4.69, 9.17) is 10.8 Å². The first kappa shape index (κ1) is 16.5. The third-order valence-electron chi connectivity index (χ3n) is 3.90. The Bertz CT molecular complexity index is 362. The summed E-state index contributed by atoms with van der Waals surface area (Å²) in [4.78, 5) is 33.4. The summed E-state index contributed by atoms with van der Waals surface area (Å²) in [6, 6.07) is 0. The molecule has 0 aromatic rings. The Kier molecular flexibility index (Phi) is 6.48. The van der Waals surface area contributed by atoms with Gasteiger partial charge in [0.05, 0.1) is 6.42 Å². The van der Waals surface area contributed by atoms with Gasteiger partial charge in [0, 0.05) is 19.4 Å². The molecule has 0 saturated heterocycles. The standard InChI is InChI=1S/C14H24N2O4/c15-11(17)5-1-4-8-16-12(18)9-14(10-13(19)20)6-2-3-7-14/h1-10H2,(H2,15,17)(H,16,18)(H,19,20). The van der Waals surface area contributed by atoms with Crippen molar-refractivity contribution in [1.82, 2.24) is 5.32 Å². The van der Waals surface area contributed by atoms with Crippen molar-refractivity contribution < 1.29 is 19.5 Å². The number of nitrogens with two attached hydrogens (primary N) is 1. The Labute approximate surface area is 119 Å². The number of rotatable bonds is 9. The molecule has 0 aromatic carbocycles. The Hall–Kier alpha value is -1.59. The quantitative estimate of drug-likeness (QED) is 0.552. The van der Waals surface area contributed by atoms with Gasteiger partial charge in [-0.05, 0) is 31.1 Å². The highest BCUT2D eigenvalue weighted by Gasteiger charge is 2.37. The highest BCUT2D eigenvalue weighted by Crippen LogP contribution is 2.43. The maximum atomic E-state index is 11.9. The highest BCUT2D eigenvalue weighted by molar-refractivity contribution is 5.78. The molecule has 4 N–H and O–H groups in total. The maximum Gasteiger partial charge on any atom is 0.303 e. The Morgan fingerprint density at radius 1 is 1.10 bits per heavy atom. The number of carboxylic acids is 1. The average molecular weight is 284 g/mol. The van der Waals surface area contributed by atoms with Crippen LogP contribution in [0.15, 0.2) is 0 Å². The SMILES string of the molecule is NC(=O)CCCCNC(=O)CC1(CC(=O)O)CCCC1. The van der Waals surface area contributed by atoms with E-state index in [1.165, 1.54) is 0 Å². The van der Waals surface area contributed by atoms with Crippen LogP contribution in [0, 0.1) is 5.41 Å². The minimum absolute atomic E-state index is 0.0715. The number of aliphatic carboxylic acids is 1. The van der Waals surface area contributed by atoms with Crippen molar-refractivity contribution in [2.45, 2.75) is 57.8 Å². The summed E-state index contributed by atoms with van der Waals surface area (Å²) in [5, 5.41) is 11.8. The lowest BCUT2D eigenvalue weighted by Gasteiger charge is -2.26. The van der Waals surface area contributed by atoms with E-state index in [0.717, 1.165) is 25.7 Å². The molecule has 0 spiro atoms. The molecule has 20 heavy (non-hydrogen) atoms. The summed E-state index contributed by atoms with van der Waals surface area (Å²) >= 11 is 0. The van der Waals surface area contributed by atoms with Gasteiger partial charge in [0.15, 0.2) is 0 Å². The molecule has 0 radical (unpaired) electrons. The van der Waals surface area contributed by atoms with E-state index in [1.54, 1.807) is 0 Å². The maximum absolute atomic E-state index is 11.9. The third-order valence-corrected chi connectivity index (χ3v) is 3.90. The number of nitrogens with one attached hydrogen (secondary N) is 1. The van der Waals surface area contributed by atoms with Crippen LogP contribution in [0.4, 0.5) is 0 Å². The zero-order valence-electron chi connectivity index (χ0n) is 11.8. The van der Waals surface area contributed by atoms with Crippen LogP contribution in [-0.2, 0) is 14.4 Å². The number of carbonyl (C=O) groups is 3. The molecule has 1 saturated carbocycles. The summed E-state index contributed by atoms with van der Waals surface area (Å²) < 4.78 is 0. The molecule has 0 heterocycles. The van der Waals surface area contributed by atoms with Gasteiger partial charge in [-0.1, -0.05) is 12.8 Å². The Morgan fingerprint density at radius 3 is 2.30 bits per heavy atom. The van der Waals surface area contributed by atoms with Crippen LogP contribution in [0.2, 0.25) is 0 Å². The van der Waals surface area contributed by atoms with Gasteiger partial charge in [-0.3, -0.25) is 14.4 Å². The summed E-state index contributed by atoms with van der Waals surface area (Å²) in [6.07, 6.45) is 5.69. The molecular formula is C14H24N2O4. The fourth-order valence-electron chi connectivity index (χ4n) is 2.92. The van der Waals surface area contributed by atoms with Crippen molar-refractivity contribution in [3.63, 3.8) is 0 Å².